The SMILES string of the molecule is CC(Nc1ccc2c(c1)OC(F)(F)O2)C(=O)NCCc1ccc(F)cc1. The Morgan fingerprint density at radius 2 is 1.81 bits per heavy atom. The molecule has 2 aromatic carbocycles. The summed E-state index contributed by atoms with van der Waals surface area (Å²) in [6, 6.07) is 9.66. The highest BCUT2D eigenvalue weighted by Gasteiger charge is 2.43. The van der Waals surface area contributed by atoms with E-state index in [-0.39, 0.29) is 23.2 Å². The lowest BCUT2D eigenvalue weighted by atomic mass is 10.1. The first-order valence-corrected chi connectivity index (χ1v) is 8.01. The van der Waals surface area contributed by atoms with Gasteiger partial charge in [-0.1, -0.05) is 12.1 Å². The van der Waals surface area contributed by atoms with Crippen LogP contribution in [0.25, 0.3) is 0 Å². The van der Waals surface area contributed by atoms with Gasteiger partial charge in [0.05, 0.1) is 0 Å². The molecular weight excluding hydrogens is 349 g/mol. The van der Waals surface area contributed by atoms with Crippen molar-refractivity contribution in [3.63, 3.8) is 0 Å². The topological polar surface area (TPSA) is 59.6 Å². The predicted octanol–water partition coefficient (Wildman–Crippen LogP) is 3.31. The number of fused-ring (bicyclic) bond motifs is 1. The first kappa shape index (κ1) is 17.9. The molecule has 1 atom stereocenters. The fourth-order valence-electron chi connectivity index (χ4n) is 2.49. The molecular formula is C18H17F3N2O3. The molecule has 1 unspecified atom stereocenters. The highest BCUT2D eigenvalue weighted by molar-refractivity contribution is 5.84. The van der Waals surface area contributed by atoms with Gasteiger partial charge in [-0.15, -0.1) is 8.78 Å². The van der Waals surface area contributed by atoms with Gasteiger partial charge in [-0.3, -0.25) is 4.79 Å². The second-order valence-corrected chi connectivity index (χ2v) is 5.86. The van der Waals surface area contributed by atoms with E-state index in [4.69, 9.17) is 0 Å². The van der Waals surface area contributed by atoms with Crippen LogP contribution in [0.15, 0.2) is 42.5 Å². The number of hydrogen-bond donors (Lipinski definition) is 2. The maximum atomic E-state index is 13.0. The number of halogens is 3. The molecule has 5 nitrogen and oxygen atoms in total. The first-order valence-electron chi connectivity index (χ1n) is 8.01. The third-order valence-electron chi connectivity index (χ3n) is 3.80. The van der Waals surface area contributed by atoms with E-state index >= 15 is 0 Å². The standard InChI is InChI=1S/C18H17F3N2O3/c1-11(17(24)22-9-8-12-2-4-13(19)5-3-12)23-14-6-7-15-16(10-14)26-18(20,21)25-15/h2-7,10-11,23H,8-9H2,1H3,(H,22,24). The number of carbonyl (C=O) groups excluding carboxylic acids is 1. The summed E-state index contributed by atoms with van der Waals surface area (Å²) in [5.41, 5.74) is 1.36. The molecule has 0 saturated heterocycles. The number of alkyl halides is 2. The zero-order valence-corrected chi connectivity index (χ0v) is 13.9. The van der Waals surface area contributed by atoms with Crippen molar-refractivity contribution < 1.29 is 27.4 Å². The third kappa shape index (κ3) is 4.38. The average Bonchev–Trinajstić information content (AvgIpc) is 2.89. The van der Waals surface area contributed by atoms with Crippen molar-refractivity contribution in [3.05, 3.63) is 53.8 Å². The van der Waals surface area contributed by atoms with Gasteiger partial charge in [0.1, 0.15) is 11.9 Å². The van der Waals surface area contributed by atoms with E-state index in [1.165, 1.54) is 30.3 Å². The van der Waals surface area contributed by atoms with Crippen molar-refractivity contribution in [3.8, 4) is 11.5 Å². The van der Waals surface area contributed by atoms with Crippen molar-refractivity contribution in [1.82, 2.24) is 5.32 Å². The van der Waals surface area contributed by atoms with Crippen LogP contribution in [-0.2, 0) is 11.2 Å². The smallest absolute Gasteiger partial charge is 0.395 e. The number of anilines is 1. The summed E-state index contributed by atoms with van der Waals surface area (Å²) in [7, 11) is 0. The number of amides is 1. The largest absolute Gasteiger partial charge is 0.586 e. The number of carbonyl (C=O) groups is 1. The van der Waals surface area contributed by atoms with Gasteiger partial charge in [-0.25, -0.2) is 4.39 Å². The van der Waals surface area contributed by atoms with E-state index in [9.17, 15) is 18.0 Å². The Morgan fingerprint density at radius 3 is 2.54 bits per heavy atom. The van der Waals surface area contributed by atoms with Gasteiger partial charge < -0.3 is 20.1 Å². The lowest BCUT2D eigenvalue weighted by Gasteiger charge is -2.15. The molecule has 2 N–H and O–H groups in total. The van der Waals surface area contributed by atoms with E-state index in [2.05, 4.69) is 20.1 Å². The Kier molecular flexibility index (Phi) is 4.92. The molecule has 0 aromatic heterocycles. The van der Waals surface area contributed by atoms with Crippen LogP contribution in [0.4, 0.5) is 18.9 Å². The summed E-state index contributed by atoms with van der Waals surface area (Å²) in [5.74, 6) is -0.715. The Hall–Kier alpha value is -2.90. The second-order valence-electron chi connectivity index (χ2n) is 5.86. The Balaban J connectivity index is 1.49. The van der Waals surface area contributed by atoms with E-state index in [0.29, 0.717) is 18.7 Å². The highest BCUT2D eigenvalue weighted by Crippen LogP contribution is 2.42. The molecule has 1 aliphatic heterocycles. The van der Waals surface area contributed by atoms with Gasteiger partial charge in [-0.2, -0.15) is 0 Å². The van der Waals surface area contributed by atoms with Gasteiger partial charge in [0.15, 0.2) is 11.5 Å². The van der Waals surface area contributed by atoms with Crippen molar-refractivity contribution >= 4 is 11.6 Å². The molecule has 1 heterocycles. The summed E-state index contributed by atoms with van der Waals surface area (Å²) in [6.45, 7) is 2.04. The Bertz CT molecular complexity index is 797. The van der Waals surface area contributed by atoms with E-state index < -0.39 is 12.3 Å². The number of ether oxygens (including phenoxy) is 2. The molecule has 0 saturated carbocycles. The first-order chi connectivity index (χ1) is 12.3. The quantitative estimate of drug-likeness (QED) is 0.824. The third-order valence-corrected chi connectivity index (χ3v) is 3.80. The summed E-state index contributed by atoms with van der Waals surface area (Å²) < 4.78 is 47.6. The molecule has 8 heteroatoms. The second kappa shape index (κ2) is 7.15. The highest BCUT2D eigenvalue weighted by atomic mass is 19.3. The molecule has 1 aliphatic rings. The van der Waals surface area contributed by atoms with E-state index in [1.54, 1.807) is 19.1 Å². The predicted molar refractivity (Wildman–Crippen MR) is 88.8 cm³/mol. The zero-order chi connectivity index (χ0) is 18.7. The van der Waals surface area contributed by atoms with E-state index in [0.717, 1.165) is 5.56 Å². The Labute approximate surface area is 148 Å². The molecule has 26 heavy (non-hydrogen) atoms. The van der Waals surface area contributed by atoms with Gasteiger partial charge >= 0.3 is 6.29 Å². The van der Waals surface area contributed by atoms with Crippen LogP contribution >= 0.6 is 0 Å². The van der Waals surface area contributed by atoms with Gasteiger partial charge in [-0.05, 0) is 43.2 Å². The molecule has 0 bridgehead atoms. The summed E-state index contributed by atoms with van der Waals surface area (Å²) in [6.07, 6.45) is -3.11. The minimum atomic E-state index is -3.68. The van der Waals surface area contributed by atoms with Crippen LogP contribution in [0.1, 0.15) is 12.5 Å². The van der Waals surface area contributed by atoms with Crippen molar-refractivity contribution in [2.75, 3.05) is 11.9 Å². The molecule has 0 fully saturated rings. The lowest BCUT2D eigenvalue weighted by molar-refractivity contribution is -0.286. The Morgan fingerprint density at radius 1 is 1.12 bits per heavy atom. The van der Waals surface area contributed by atoms with Crippen LogP contribution < -0.4 is 20.1 Å². The monoisotopic (exact) mass is 366 g/mol. The zero-order valence-electron chi connectivity index (χ0n) is 13.9. The van der Waals surface area contributed by atoms with Crippen molar-refractivity contribution in [2.24, 2.45) is 0 Å². The molecule has 1 amide bonds. The van der Waals surface area contributed by atoms with E-state index in [1.807, 2.05) is 0 Å². The lowest BCUT2D eigenvalue weighted by Crippen LogP contribution is -2.38. The minimum absolute atomic E-state index is 0.0584. The summed E-state index contributed by atoms with van der Waals surface area (Å²) in [5, 5.41) is 5.67. The van der Waals surface area contributed by atoms with Crippen LogP contribution in [0.2, 0.25) is 0 Å². The van der Waals surface area contributed by atoms with Crippen molar-refractivity contribution in [1.29, 1.82) is 0 Å². The van der Waals surface area contributed by atoms with Crippen LogP contribution in [0.5, 0.6) is 11.5 Å². The number of rotatable bonds is 6. The molecule has 138 valence electrons. The average molecular weight is 366 g/mol. The molecule has 0 radical (unpaired) electrons. The fourth-order valence-corrected chi connectivity index (χ4v) is 2.49. The molecule has 0 aliphatic carbocycles. The maximum absolute atomic E-state index is 13.0. The minimum Gasteiger partial charge on any atom is -0.395 e. The summed E-state index contributed by atoms with van der Waals surface area (Å²) >= 11 is 0. The van der Waals surface area contributed by atoms with Crippen LogP contribution in [0, 0.1) is 5.82 Å². The normalized spacial score (nSPS) is 15.4. The number of benzene rings is 2. The maximum Gasteiger partial charge on any atom is 0.586 e. The molecule has 2 aromatic rings. The van der Waals surface area contributed by atoms with Gasteiger partial charge in [0.2, 0.25) is 5.91 Å². The van der Waals surface area contributed by atoms with Crippen LogP contribution in [0.3, 0.4) is 0 Å². The fraction of sp³-hybridized carbons (Fsp3) is 0.278. The summed E-state index contributed by atoms with van der Waals surface area (Å²) in [4.78, 5) is 12.1. The number of nitrogens with one attached hydrogen (secondary N) is 2. The van der Waals surface area contributed by atoms with Crippen LogP contribution in [-0.4, -0.2) is 24.8 Å². The molecule has 0 spiro atoms. The van der Waals surface area contributed by atoms with Gasteiger partial charge in [0, 0.05) is 18.3 Å². The number of hydrogen-bond acceptors (Lipinski definition) is 4. The molecule has 3 rings (SSSR count). The van der Waals surface area contributed by atoms with Gasteiger partial charge in [0.25, 0.3) is 0 Å². The van der Waals surface area contributed by atoms with Crippen molar-refractivity contribution in [2.45, 2.75) is 25.7 Å².